The van der Waals surface area contributed by atoms with Gasteiger partial charge in [0.25, 0.3) is 0 Å². The summed E-state index contributed by atoms with van der Waals surface area (Å²) in [5.41, 5.74) is 0. The Balaban J connectivity index is -0.0000000333. The third-order valence-corrected chi connectivity index (χ3v) is 1.02. The van der Waals surface area contributed by atoms with E-state index in [0.29, 0.717) is 12.8 Å². The number of esters is 2. The molecule has 0 saturated carbocycles. The number of rotatable bonds is 4. The molecule has 0 aliphatic rings. The summed E-state index contributed by atoms with van der Waals surface area (Å²) in [5.74, 6) is -0.734. The normalized spacial score (nSPS) is 5.76. The molecular weight excluding hydrogens is 220 g/mol. The van der Waals surface area contributed by atoms with Crippen molar-refractivity contribution in [2.24, 2.45) is 0 Å². The van der Waals surface area contributed by atoms with Crippen LogP contribution in [0.3, 0.4) is 0 Å². The Morgan fingerprint density at radius 1 is 0.706 bits per heavy atom. The molecule has 17 heavy (non-hydrogen) atoms. The minimum Gasteiger partial charge on any atom is -0.428 e. The smallest absolute Gasteiger partial charge is 0.308 e. The number of hydrogen-bond acceptors (Lipinski definition) is 4. The lowest BCUT2D eigenvalue weighted by Crippen LogP contribution is -2.10. The zero-order valence-electron chi connectivity index (χ0n) is 6.75. The predicted octanol–water partition coefficient (Wildman–Crippen LogP) is 4.67. The van der Waals surface area contributed by atoms with Gasteiger partial charge in [0.1, 0.15) is 0 Å². The van der Waals surface area contributed by atoms with Crippen molar-refractivity contribution >= 4 is 11.9 Å². The summed E-state index contributed by atoms with van der Waals surface area (Å²) in [5, 5.41) is 0. The quantitative estimate of drug-likeness (QED) is 0.542. The second kappa shape index (κ2) is 29.4. The van der Waals surface area contributed by atoms with E-state index in [-0.39, 0.29) is 63.3 Å². The first-order chi connectivity index (χ1) is 5.20. The zero-order valence-corrected chi connectivity index (χ0v) is 6.75. The Hall–Kier alpha value is -1.06. The Kier molecular flexibility index (Phi) is 76.9. The fourth-order valence-corrected chi connectivity index (χ4v) is 0.365. The largest absolute Gasteiger partial charge is 0.428 e. The molecule has 0 N–H and O–H groups in total. The van der Waals surface area contributed by atoms with Gasteiger partial charge in [0.05, 0.1) is 0 Å². The SMILES string of the molecule is C.C.C.C.C.C.CCC(=O)OCOC(=O)CC. The molecule has 0 amide bonds. The number of carbonyl (C=O) groups is 2. The van der Waals surface area contributed by atoms with Gasteiger partial charge in [-0.25, -0.2) is 0 Å². The van der Waals surface area contributed by atoms with Crippen LogP contribution in [0.15, 0.2) is 0 Å². The van der Waals surface area contributed by atoms with Gasteiger partial charge in [0.15, 0.2) is 0 Å². The summed E-state index contributed by atoms with van der Waals surface area (Å²) < 4.78 is 8.96. The van der Waals surface area contributed by atoms with E-state index in [0.717, 1.165) is 0 Å². The van der Waals surface area contributed by atoms with Crippen molar-refractivity contribution in [3.63, 3.8) is 0 Å². The van der Waals surface area contributed by atoms with E-state index in [1.807, 2.05) is 0 Å². The van der Waals surface area contributed by atoms with Crippen LogP contribution in [0.5, 0.6) is 0 Å². The maximum atomic E-state index is 10.5. The number of carbonyl (C=O) groups excluding carboxylic acids is 2. The standard InChI is InChI=1S/C7H12O4.6CH4/c1-3-6(8)10-5-11-7(9)4-2;;;;;;/h3-5H2,1-2H3;6*1H4. The van der Waals surface area contributed by atoms with Crippen molar-refractivity contribution in [3.8, 4) is 0 Å². The predicted molar refractivity (Wildman–Crippen MR) is 78.0 cm³/mol. The first-order valence-corrected chi connectivity index (χ1v) is 3.52. The van der Waals surface area contributed by atoms with Crippen LogP contribution < -0.4 is 0 Å². The third-order valence-electron chi connectivity index (χ3n) is 1.02. The van der Waals surface area contributed by atoms with Crippen molar-refractivity contribution < 1.29 is 19.1 Å². The molecule has 0 atom stereocenters. The van der Waals surface area contributed by atoms with Crippen LogP contribution in [0.25, 0.3) is 0 Å². The molecule has 0 spiro atoms. The van der Waals surface area contributed by atoms with E-state index in [2.05, 4.69) is 9.47 Å². The van der Waals surface area contributed by atoms with Gasteiger partial charge >= 0.3 is 11.9 Å². The van der Waals surface area contributed by atoms with Crippen LogP contribution in [0.2, 0.25) is 0 Å². The maximum absolute atomic E-state index is 10.5. The fraction of sp³-hybridized carbons (Fsp3) is 0.846. The monoisotopic (exact) mass is 256 g/mol. The van der Waals surface area contributed by atoms with E-state index in [4.69, 9.17) is 0 Å². The van der Waals surface area contributed by atoms with E-state index < -0.39 is 0 Å². The van der Waals surface area contributed by atoms with Gasteiger partial charge in [-0.2, -0.15) is 0 Å². The van der Waals surface area contributed by atoms with Crippen molar-refractivity contribution in [2.75, 3.05) is 6.79 Å². The second-order valence-electron chi connectivity index (χ2n) is 1.86. The van der Waals surface area contributed by atoms with Crippen molar-refractivity contribution in [1.29, 1.82) is 0 Å². The molecule has 0 aromatic carbocycles. The molecule has 112 valence electrons. The Morgan fingerprint density at radius 3 is 1.12 bits per heavy atom. The highest BCUT2D eigenvalue weighted by Gasteiger charge is 2.00. The summed E-state index contributed by atoms with van der Waals surface area (Å²) in [6.45, 7) is 3.08. The van der Waals surface area contributed by atoms with Crippen LogP contribution in [-0.2, 0) is 19.1 Å². The fourth-order valence-electron chi connectivity index (χ4n) is 0.365. The van der Waals surface area contributed by atoms with Gasteiger partial charge in [0, 0.05) is 12.8 Å². The van der Waals surface area contributed by atoms with Crippen LogP contribution in [0.4, 0.5) is 0 Å². The van der Waals surface area contributed by atoms with Crippen LogP contribution in [-0.4, -0.2) is 18.7 Å². The molecule has 0 heterocycles. The van der Waals surface area contributed by atoms with Gasteiger partial charge in [0.2, 0.25) is 6.79 Å². The number of ether oxygens (including phenoxy) is 2. The summed E-state index contributed by atoms with van der Waals surface area (Å²) in [4.78, 5) is 20.9. The van der Waals surface area contributed by atoms with Gasteiger partial charge in [-0.05, 0) is 0 Å². The van der Waals surface area contributed by atoms with E-state index >= 15 is 0 Å². The van der Waals surface area contributed by atoms with Gasteiger partial charge < -0.3 is 9.47 Å². The summed E-state index contributed by atoms with van der Waals surface area (Å²) in [6, 6.07) is 0. The lowest BCUT2D eigenvalue weighted by Gasteiger charge is -2.02. The molecule has 0 aromatic heterocycles. The average molecular weight is 256 g/mol. The van der Waals surface area contributed by atoms with Gasteiger partial charge in [-0.3, -0.25) is 9.59 Å². The lowest BCUT2D eigenvalue weighted by molar-refractivity contribution is -0.166. The highest BCUT2D eigenvalue weighted by Crippen LogP contribution is 1.88. The van der Waals surface area contributed by atoms with E-state index in [9.17, 15) is 9.59 Å². The summed E-state index contributed by atoms with van der Waals surface area (Å²) in [7, 11) is 0. The molecule has 0 unspecified atom stereocenters. The molecule has 0 aliphatic heterocycles. The lowest BCUT2D eigenvalue weighted by atomic mass is 10.5. The Labute approximate surface area is 110 Å². The average Bonchev–Trinajstić information content (AvgIpc) is 2.04. The Bertz CT molecular complexity index is 128. The molecule has 0 rings (SSSR count). The van der Waals surface area contributed by atoms with Crippen molar-refractivity contribution in [2.45, 2.75) is 71.2 Å². The van der Waals surface area contributed by atoms with Crippen LogP contribution in [0, 0.1) is 0 Å². The summed E-state index contributed by atoms with van der Waals surface area (Å²) in [6.07, 6.45) is 0.591. The topological polar surface area (TPSA) is 52.6 Å². The molecule has 4 nitrogen and oxygen atoms in total. The molecule has 0 saturated heterocycles. The molecule has 0 radical (unpaired) electrons. The van der Waals surface area contributed by atoms with Crippen LogP contribution >= 0.6 is 0 Å². The van der Waals surface area contributed by atoms with Crippen LogP contribution in [0.1, 0.15) is 71.2 Å². The Morgan fingerprint density at radius 2 is 0.941 bits per heavy atom. The highest BCUT2D eigenvalue weighted by atomic mass is 16.7. The molecule has 0 bridgehead atoms. The molecular formula is C13H36O4. The number of hydrogen-bond donors (Lipinski definition) is 0. The van der Waals surface area contributed by atoms with Gasteiger partial charge in [-0.15, -0.1) is 0 Å². The molecule has 0 aliphatic carbocycles. The van der Waals surface area contributed by atoms with Crippen molar-refractivity contribution in [1.82, 2.24) is 0 Å². The second-order valence-corrected chi connectivity index (χ2v) is 1.86. The molecule has 4 heteroatoms. The maximum Gasteiger partial charge on any atom is 0.308 e. The van der Waals surface area contributed by atoms with Gasteiger partial charge in [-0.1, -0.05) is 58.4 Å². The molecule has 0 fully saturated rings. The van der Waals surface area contributed by atoms with Crippen molar-refractivity contribution in [3.05, 3.63) is 0 Å². The molecule has 0 aromatic rings. The summed E-state index contributed by atoms with van der Waals surface area (Å²) >= 11 is 0. The van der Waals surface area contributed by atoms with E-state index in [1.54, 1.807) is 13.8 Å². The minimum atomic E-state index is -0.367. The first-order valence-electron chi connectivity index (χ1n) is 3.52. The first kappa shape index (κ1) is 44.5. The van der Waals surface area contributed by atoms with E-state index in [1.165, 1.54) is 0 Å². The third kappa shape index (κ3) is 31.3. The zero-order chi connectivity index (χ0) is 8.69. The highest BCUT2D eigenvalue weighted by molar-refractivity contribution is 5.70. The minimum absolute atomic E-state index is 0.